The molecule has 2 fully saturated rings. The largest absolute Gasteiger partial charge is 0.508 e. The molecule has 1 aromatic rings. The molecule has 3 rings (SSSR count). The lowest BCUT2D eigenvalue weighted by atomic mass is 9.98. The number of hydrogen-bond donors (Lipinski definition) is 6. The fraction of sp³-hybridized carbons (Fsp3) is 0.560. The number of hydrogen-bond acceptors (Lipinski definition) is 15. The molecule has 6 N–H and O–H groups in total. The topological polar surface area (TPSA) is 228 Å². The number of esters is 3. The van der Waals surface area contributed by atoms with Crippen LogP contribution in [0.4, 0.5) is 0 Å². The second-order valence-electron chi connectivity index (χ2n) is 9.10. The number of carbonyl (C=O) groups is 3. The summed E-state index contributed by atoms with van der Waals surface area (Å²) in [7, 11) is 0. The van der Waals surface area contributed by atoms with E-state index in [1.165, 1.54) is 30.3 Å². The lowest BCUT2D eigenvalue weighted by Gasteiger charge is -2.44. The molecule has 15 nitrogen and oxygen atoms in total. The van der Waals surface area contributed by atoms with Crippen molar-refractivity contribution < 1.29 is 73.4 Å². The Morgan fingerprint density at radius 3 is 2.20 bits per heavy atom. The Balaban J connectivity index is 1.86. The van der Waals surface area contributed by atoms with Gasteiger partial charge < -0.3 is 59.1 Å². The van der Waals surface area contributed by atoms with Crippen LogP contribution >= 0.6 is 0 Å². The van der Waals surface area contributed by atoms with E-state index in [2.05, 4.69) is 0 Å². The van der Waals surface area contributed by atoms with Crippen LogP contribution in [0, 0.1) is 0 Å². The summed E-state index contributed by atoms with van der Waals surface area (Å²) in [6.07, 6.45) is -11.1. The summed E-state index contributed by atoms with van der Waals surface area (Å²) < 4.78 is 31.9. The molecule has 0 radical (unpaired) electrons. The molecule has 0 amide bonds. The van der Waals surface area contributed by atoms with Gasteiger partial charge in [0.2, 0.25) is 5.79 Å². The molecule has 0 spiro atoms. The molecule has 0 aromatic heterocycles. The summed E-state index contributed by atoms with van der Waals surface area (Å²) in [5.74, 6) is -5.04. The number of aliphatic hydroxyl groups is 5. The molecule has 2 aliphatic heterocycles. The summed E-state index contributed by atoms with van der Waals surface area (Å²) in [6.45, 7) is -0.315. The summed E-state index contributed by atoms with van der Waals surface area (Å²) in [6, 6.07) is 5.80. The Morgan fingerprint density at radius 2 is 1.62 bits per heavy atom. The normalized spacial score (nSPS) is 34.0. The molecule has 15 heteroatoms. The van der Waals surface area contributed by atoms with Gasteiger partial charge in [-0.15, -0.1) is 0 Å². The zero-order valence-corrected chi connectivity index (χ0v) is 21.6. The van der Waals surface area contributed by atoms with E-state index in [0.717, 1.165) is 19.9 Å². The SMILES string of the molecule is CC(=O)OCC1OC(OC2(CO)OC(CO)C(O)C2OC(=O)C=Cc2ccc(O)cc2)C(O)C(OC(C)=O)C1O. The number of aliphatic hydroxyl groups excluding tert-OH is 5. The van der Waals surface area contributed by atoms with Crippen molar-refractivity contribution in [2.24, 2.45) is 0 Å². The van der Waals surface area contributed by atoms with Crippen molar-refractivity contribution in [1.29, 1.82) is 0 Å². The smallest absolute Gasteiger partial charge is 0.331 e. The number of phenolic OH excluding ortho intramolecular Hbond substituents is 1. The number of ether oxygens (including phenoxy) is 6. The van der Waals surface area contributed by atoms with Crippen molar-refractivity contribution in [2.45, 2.75) is 68.7 Å². The molecule has 0 bridgehead atoms. The summed E-state index contributed by atoms with van der Waals surface area (Å²) in [5, 5.41) is 61.4. The molecule has 1 aromatic carbocycles. The number of phenols is 1. The van der Waals surface area contributed by atoms with E-state index in [-0.39, 0.29) is 5.75 Å². The van der Waals surface area contributed by atoms with E-state index in [1.807, 2.05) is 0 Å². The van der Waals surface area contributed by atoms with Gasteiger partial charge in [-0.1, -0.05) is 12.1 Å². The maximum atomic E-state index is 12.6. The average Bonchev–Trinajstić information content (AvgIpc) is 3.17. The maximum absolute atomic E-state index is 12.6. The van der Waals surface area contributed by atoms with Crippen molar-refractivity contribution >= 4 is 24.0 Å². The van der Waals surface area contributed by atoms with E-state index in [9.17, 15) is 45.0 Å². The van der Waals surface area contributed by atoms with Gasteiger partial charge in [-0.05, 0) is 23.8 Å². The Morgan fingerprint density at radius 1 is 0.950 bits per heavy atom. The van der Waals surface area contributed by atoms with Gasteiger partial charge >= 0.3 is 17.9 Å². The standard InChI is InChI=1S/C25H32O15/c1-12(28)35-10-17-19(32)22(36-13(2)29)21(34)24(37-17)40-25(11-27)23(20(33)16(9-26)39-25)38-18(31)8-5-14-3-6-15(30)7-4-14/h3-8,16-17,19-24,26-27,30,32-34H,9-11H2,1-2H3. The predicted molar refractivity (Wildman–Crippen MR) is 129 cm³/mol. The molecule has 9 atom stereocenters. The van der Waals surface area contributed by atoms with E-state index < -0.39 is 92.5 Å². The Kier molecular flexibility index (Phi) is 10.6. The third-order valence-corrected chi connectivity index (χ3v) is 6.13. The maximum Gasteiger partial charge on any atom is 0.331 e. The molecular weight excluding hydrogens is 540 g/mol. The molecule has 9 unspecified atom stereocenters. The van der Waals surface area contributed by atoms with Crippen LogP contribution in [0.3, 0.4) is 0 Å². The minimum atomic E-state index is -2.42. The van der Waals surface area contributed by atoms with Crippen LogP contribution in [-0.2, 0) is 42.8 Å². The highest BCUT2D eigenvalue weighted by Crippen LogP contribution is 2.38. The molecule has 222 valence electrons. The van der Waals surface area contributed by atoms with Crippen LogP contribution in [0.5, 0.6) is 5.75 Å². The second kappa shape index (κ2) is 13.5. The quantitative estimate of drug-likeness (QED) is 0.0985. The number of rotatable bonds is 10. The van der Waals surface area contributed by atoms with E-state index in [1.54, 1.807) is 0 Å². The average molecular weight is 573 g/mol. The first-order valence-electron chi connectivity index (χ1n) is 12.2. The van der Waals surface area contributed by atoms with Crippen molar-refractivity contribution in [3.63, 3.8) is 0 Å². The highest BCUT2D eigenvalue weighted by Gasteiger charge is 2.61. The van der Waals surface area contributed by atoms with Crippen LogP contribution < -0.4 is 0 Å². The van der Waals surface area contributed by atoms with Gasteiger partial charge in [0, 0.05) is 19.9 Å². The van der Waals surface area contributed by atoms with Gasteiger partial charge in [-0.2, -0.15) is 0 Å². The molecule has 2 heterocycles. The van der Waals surface area contributed by atoms with Crippen molar-refractivity contribution in [1.82, 2.24) is 0 Å². The van der Waals surface area contributed by atoms with Gasteiger partial charge in [-0.25, -0.2) is 4.79 Å². The van der Waals surface area contributed by atoms with Crippen LogP contribution in [-0.4, -0.2) is 123 Å². The first kappa shape index (κ1) is 31.4. The lowest BCUT2D eigenvalue weighted by Crippen LogP contribution is -2.64. The fourth-order valence-electron chi connectivity index (χ4n) is 4.19. The molecule has 0 aliphatic carbocycles. The zero-order chi connectivity index (χ0) is 29.6. The first-order chi connectivity index (χ1) is 18.9. The first-order valence-corrected chi connectivity index (χ1v) is 12.2. The minimum absolute atomic E-state index is 0.0107. The van der Waals surface area contributed by atoms with Gasteiger partial charge in [-0.3, -0.25) is 9.59 Å². The van der Waals surface area contributed by atoms with E-state index >= 15 is 0 Å². The minimum Gasteiger partial charge on any atom is -0.508 e. The van der Waals surface area contributed by atoms with Crippen molar-refractivity contribution in [3.8, 4) is 5.75 Å². The summed E-state index contributed by atoms with van der Waals surface area (Å²) in [4.78, 5) is 35.5. The fourth-order valence-corrected chi connectivity index (χ4v) is 4.19. The Hall–Kier alpha value is -3.15. The van der Waals surface area contributed by atoms with E-state index in [4.69, 9.17) is 28.4 Å². The molecule has 2 aliphatic rings. The summed E-state index contributed by atoms with van der Waals surface area (Å²) >= 11 is 0. The van der Waals surface area contributed by atoms with Gasteiger partial charge in [0.15, 0.2) is 18.5 Å². The van der Waals surface area contributed by atoms with Gasteiger partial charge in [0.1, 0.15) is 49.5 Å². The van der Waals surface area contributed by atoms with Crippen molar-refractivity contribution in [3.05, 3.63) is 35.9 Å². The zero-order valence-electron chi connectivity index (χ0n) is 21.6. The molecular formula is C25H32O15. The second-order valence-corrected chi connectivity index (χ2v) is 9.10. The highest BCUT2D eigenvalue weighted by molar-refractivity contribution is 5.87. The number of aromatic hydroxyl groups is 1. The Labute approximate surface area is 228 Å². The van der Waals surface area contributed by atoms with Gasteiger partial charge in [0.05, 0.1) is 6.61 Å². The van der Waals surface area contributed by atoms with Gasteiger partial charge in [0.25, 0.3) is 0 Å². The van der Waals surface area contributed by atoms with Crippen LogP contribution in [0.15, 0.2) is 30.3 Å². The molecule has 0 saturated carbocycles. The number of benzene rings is 1. The van der Waals surface area contributed by atoms with Crippen LogP contribution in [0.2, 0.25) is 0 Å². The monoisotopic (exact) mass is 572 g/mol. The predicted octanol–water partition coefficient (Wildman–Crippen LogP) is -2.28. The third-order valence-electron chi connectivity index (χ3n) is 6.13. The lowest BCUT2D eigenvalue weighted by molar-refractivity contribution is -0.383. The van der Waals surface area contributed by atoms with Crippen LogP contribution in [0.1, 0.15) is 19.4 Å². The molecule has 2 saturated heterocycles. The van der Waals surface area contributed by atoms with E-state index in [0.29, 0.717) is 5.56 Å². The number of carbonyl (C=O) groups excluding carboxylic acids is 3. The summed E-state index contributed by atoms with van der Waals surface area (Å²) in [5.41, 5.74) is 0.517. The Bertz CT molecular complexity index is 1060. The van der Waals surface area contributed by atoms with Crippen LogP contribution in [0.25, 0.3) is 6.08 Å². The third kappa shape index (κ3) is 7.32. The molecule has 40 heavy (non-hydrogen) atoms. The van der Waals surface area contributed by atoms with Crippen molar-refractivity contribution in [2.75, 3.05) is 19.8 Å². The highest BCUT2D eigenvalue weighted by atomic mass is 16.8.